The topological polar surface area (TPSA) is 0 Å². The Labute approximate surface area is 166 Å². The third-order valence-electron chi connectivity index (χ3n) is 6.98. The lowest BCUT2D eigenvalue weighted by molar-refractivity contribution is 0.149. The molecule has 1 aromatic carbocycles. The first kappa shape index (κ1) is 20.0. The van der Waals surface area contributed by atoms with Crippen LogP contribution in [-0.2, 0) is 0 Å². The molecule has 144 valence electrons. The van der Waals surface area contributed by atoms with Gasteiger partial charge in [0.1, 0.15) is 0 Å². The van der Waals surface area contributed by atoms with Gasteiger partial charge < -0.3 is 0 Å². The van der Waals surface area contributed by atoms with Crippen molar-refractivity contribution in [3.05, 3.63) is 40.4 Å². The Kier molecular flexibility index (Phi) is 5.92. The lowest BCUT2D eigenvalue weighted by Gasteiger charge is -2.39. The van der Waals surface area contributed by atoms with Crippen LogP contribution in [0.3, 0.4) is 0 Å². The molecule has 0 N–H and O–H groups in total. The number of allylic oxidation sites excluding steroid dienone is 2. The minimum atomic E-state index is 0.419. The number of halogens is 1. The quantitative estimate of drug-likeness (QED) is 0.498. The van der Waals surface area contributed by atoms with Crippen molar-refractivity contribution in [3.63, 3.8) is 0 Å². The zero-order chi connectivity index (χ0) is 18.9. The molecule has 1 aromatic rings. The SMILES string of the molecule is CC1(C)CCC(CC2CCC(C(C)(C)C)CC2)=C(c2ccc(Cl)cc2)C1. The Hall–Kier alpha value is -0.750. The van der Waals surface area contributed by atoms with Gasteiger partial charge in [0.15, 0.2) is 0 Å². The van der Waals surface area contributed by atoms with E-state index in [1.807, 2.05) is 0 Å². The predicted molar refractivity (Wildman–Crippen MR) is 116 cm³/mol. The first-order valence-electron chi connectivity index (χ1n) is 10.6. The van der Waals surface area contributed by atoms with Crippen LogP contribution in [0.2, 0.25) is 5.02 Å². The minimum Gasteiger partial charge on any atom is -0.0843 e. The molecule has 1 fully saturated rings. The van der Waals surface area contributed by atoms with Gasteiger partial charge in [0, 0.05) is 5.02 Å². The number of hydrogen-bond acceptors (Lipinski definition) is 0. The maximum Gasteiger partial charge on any atom is 0.0406 e. The minimum absolute atomic E-state index is 0.419. The smallest absolute Gasteiger partial charge is 0.0406 e. The van der Waals surface area contributed by atoms with E-state index in [4.69, 9.17) is 11.6 Å². The summed E-state index contributed by atoms with van der Waals surface area (Å²) >= 11 is 6.13. The molecule has 1 saturated carbocycles. The van der Waals surface area contributed by atoms with Crippen molar-refractivity contribution in [2.45, 2.75) is 86.0 Å². The molecule has 0 aliphatic heterocycles. The molecule has 0 saturated heterocycles. The van der Waals surface area contributed by atoms with Gasteiger partial charge in [0.25, 0.3) is 0 Å². The Balaban J connectivity index is 1.76. The summed E-state index contributed by atoms with van der Waals surface area (Å²) in [6, 6.07) is 8.57. The van der Waals surface area contributed by atoms with Crippen molar-refractivity contribution in [2.24, 2.45) is 22.7 Å². The summed E-state index contributed by atoms with van der Waals surface area (Å²) in [5, 5.41) is 0.839. The van der Waals surface area contributed by atoms with E-state index in [1.54, 1.807) is 11.1 Å². The molecule has 26 heavy (non-hydrogen) atoms. The molecular weight excluding hydrogens is 336 g/mol. The van der Waals surface area contributed by atoms with Gasteiger partial charge in [-0.1, -0.05) is 63.9 Å². The second-order valence-electron chi connectivity index (χ2n) is 10.7. The maximum atomic E-state index is 6.13. The zero-order valence-corrected chi connectivity index (χ0v) is 18.3. The van der Waals surface area contributed by atoms with Crippen molar-refractivity contribution in [2.75, 3.05) is 0 Å². The van der Waals surface area contributed by atoms with Gasteiger partial charge >= 0.3 is 0 Å². The highest BCUT2D eigenvalue weighted by atomic mass is 35.5. The summed E-state index contributed by atoms with van der Waals surface area (Å²) in [5.41, 5.74) is 5.66. The maximum absolute atomic E-state index is 6.13. The second-order valence-corrected chi connectivity index (χ2v) is 11.2. The monoisotopic (exact) mass is 372 g/mol. The van der Waals surface area contributed by atoms with Gasteiger partial charge in [-0.2, -0.15) is 0 Å². The fourth-order valence-corrected chi connectivity index (χ4v) is 5.22. The van der Waals surface area contributed by atoms with Crippen molar-refractivity contribution in [1.82, 2.24) is 0 Å². The fraction of sp³-hybridized carbons (Fsp3) is 0.680. The Bertz CT molecular complexity index is 634. The summed E-state index contributed by atoms with van der Waals surface area (Å²) in [7, 11) is 0. The van der Waals surface area contributed by atoms with Crippen molar-refractivity contribution >= 4 is 17.2 Å². The van der Waals surface area contributed by atoms with E-state index in [-0.39, 0.29) is 0 Å². The molecule has 1 heteroatoms. The van der Waals surface area contributed by atoms with Crippen LogP contribution in [0.25, 0.3) is 5.57 Å². The van der Waals surface area contributed by atoms with Crippen LogP contribution in [0.15, 0.2) is 29.8 Å². The van der Waals surface area contributed by atoms with Crippen molar-refractivity contribution < 1.29 is 0 Å². The molecule has 2 aliphatic rings. The normalized spacial score (nSPS) is 26.8. The Morgan fingerprint density at radius 3 is 2.19 bits per heavy atom. The van der Waals surface area contributed by atoms with Gasteiger partial charge in [0.05, 0.1) is 0 Å². The van der Waals surface area contributed by atoms with Crippen molar-refractivity contribution in [1.29, 1.82) is 0 Å². The van der Waals surface area contributed by atoms with E-state index in [0.717, 1.165) is 16.9 Å². The van der Waals surface area contributed by atoms with Crippen LogP contribution in [0.5, 0.6) is 0 Å². The van der Waals surface area contributed by atoms with E-state index in [1.165, 1.54) is 56.9 Å². The first-order valence-corrected chi connectivity index (χ1v) is 11.0. The molecule has 0 amide bonds. The average Bonchev–Trinajstić information content (AvgIpc) is 2.57. The largest absolute Gasteiger partial charge is 0.0843 e. The van der Waals surface area contributed by atoms with Crippen LogP contribution in [0.4, 0.5) is 0 Å². The van der Waals surface area contributed by atoms with E-state index >= 15 is 0 Å². The van der Waals surface area contributed by atoms with Gasteiger partial charge in [-0.25, -0.2) is 0 Å². The highest BCUT2D eigenvalue weighted by Crippen LogP contribution is 2.47. The van der Waals surface area contributed by atoms with E-state index in [0.29, 0.717) is 10.8 Å². The second kappa shape index (κ2) is 7.70. The van der Waals surface area contributed by atoms with Gasteiger partial charge in [-0.3, -0.25) is 0 Å². The molecule has 2 aliphatic carbocycles. The lowest BCUT2D eigenvalue weighted by atomic mass is 9.67. The fourth-order valence-electron chi connectivity index (χ4n) is 5.10. The third kappa shape index (κ3) is 4.94. The molecule has 3 rings (SSSR count). The molecule has 0 bridgehead atoms. The molecule has 0 unspecified atom stereocenters. The van der Waals surface area contributed by atoms with Gasteiger partial charge in [-0.15, -0.1) is 0 Å². The average molecular weight is 373 g/mol. The number of rotatable bonds is 3. The van der Waals surface area contributed by atoms with E-state index in [2.05, 4.69) is 58.9 Å². The molecule has 0 radical (unpaired) electrons. The Morgan fingerprint density at radius 1 is 1.00 bits per heavy atom. The van der Waals surface area contributed by atoms with Crippen LogP contribution < -0.4 is 0 Å². The standard InChI is InChI=1S/C25H37Cl/c1-24(2,3)21-10-6-18(7-11-21)16-20-14-15-25(4,5)17-23(20)19-8-12-22(26)13-9-19/h8-9,12-13,18,21H,6-7,10-11,14-17H2,1-5H3. The van der Waals surface area contributed by atoms with Gasteiger partial charge in [-0.05, 0) is 97.3 Å². The van der Waals surface area contributed by atoms with Crippen LogP contribution >= 0.6 is 11.6 Å². The van der Waals surface area contributed by atoms with Crippen LogP contribution in [0.1, 0.15) is 91.5 Å². The molecular formula is C25H37Cl. The zero-order valence-electron chi connectivity index (χ0n) is 17.5. The van der Waals surface area contributed by atoms with Crippen LogP contribution in [-0.4, -0.2) is 0 Å². The molecule has 0 atom stereocenters. The predicted octanol–water partition coefficient (Wildman–Crippen LogP) is 8.55. The van der Waals surface area contributed by atoms with Crippen LogP contribution in [0, 0.1) is 22.7 Å². The highest BCUT2D eigenvalue weighted by molar-refractivity contribution is 6.30. The summed E-state index contributed by atoms with van der Waals surface area (Å²) in [6.07, 6.45) is 10.8. The summed E-state index contributed by atoms with van der Waals surface area (Å²) in [4.78, 5) is 0. The Morgan fingerprint density at radius 2 is 1.62 bits per heavy atom. The highest BCUT2D eigenvalue weighted by Gasteiger charge is 2.32. The lowest BCUT2D eigenvalue weighted by Crippen LogP contribution is -2.26. The van der Waals surface area contributed by atoms with Gasteiger partial charge in [0.2, 0.25) is 0 Å². The molecule has 0 spiro atoms. The van der Waals surface area contributed by atoms with E-state index < -0.39 is 0 Å². The third-order valence-corrected chi connectivity index (χ3v) is 7.24. The molecule has 0 heterocycles. The van der Waals surface area contributed by atoms with Crippen molar-refractivity contribution in [3.8, 4) is 0 Å². The number of hydrogen-bond donors (Lipinski definition) is 0. The first-order chi connectivity index (χ1) is 12.1. The summed E-state index contributed by atoms with van der Waals surface area (Å²) in [6.45, 7) is 12.1. The molecule has 0 nitrogen and oxygen atoms in total. The molecule has 0 aromatic heterocycles. The summed E-state index contributed by atoms with van der Waals surface area (Å²) < 4.78 is 0. The van der Waals surface area contributed by atoms with E-state index in [9.17, 15) is 0 Å². The number of benzene rings is 1. The summed E-state index contributed by atoms with van der Waals surface area (Å²) in [5.74, 6) is 1.81.